The number of nitrogens with two attached hydrogens (primary N) is 1. The topological polar surface area (TPSA) is 187 Å². The van der Waals surface area contributed by atoms with Gasteiger partial charge in [-0.05, 0) is 71.6 Å². The lowest BCUT2D eigenvalue weighted by atomic mass is 9.87. The maximum atomic E-state index is 14.3. The fourth-order valence-corrected chi connectivity index (χ4v) is 7.24. The Morgan fingerprint density at radius 3 is 2.19 bits per heavy atom. The number of nitrogens with zero attached hydrogens (tertiary/aromatic N) is 4. The molecule has 0 bridgehead atoms. The zero-order valence-corrected chi connectivity index (χ0v) is 29.0. The highest BCUT2D eigenvalue weighted by molar-refractivity contribution is 9.10. The molecule has 0 aliphatic heterocycles. The van der Waals surface area contributed by atoms with Gasteiger partial charge in [-0.25, -0.2) is 18.0 Å². The van der Waals surface area contributed by atoms with Gasteiger partial charge in [-0.2, -0.15) is 10.2 Å². The van der Waals surface area contributed by atoms with Crippen molar-refractivity contribution in [2.75, 3.05) is 0 Å². The summed E-state index contributed by atoms with van der Waals surface area (Å²) in [5.41, 5.74) is 7.11. The van der Waals surface area contributed by atoms with Gasteiger partial charge in [0.2, 0.25) is 9.84 Å². The summed E-state index contributed by atoms with van der Waals surface area (Å²) in [6.07, 6.45) is 1.52. The molecule has 0 radical (unpaired) electrons. The Morgan fingerprint density at radius 2 is 1.62 bits per heavy atom. The number of hydrogen-bond donors (Lipinski definition) is 3. The lowest BCUT2D eigenvalue weighted by Crippen LogP contribution is -2.51. The third-order valence-electron chi connectivity index (χ3n) is 7.31. The Kier molecular flexibility index (Phi) is 10.5. The molecule has 248 valence electrons. The van der Waals surface area contributed by atoms with E-state index >= 15 is 0 Å². The van der Waals surface area contributed by atoms with Crippen LogP contribution in [0.25, 0.3) is 11.3 Å². The molecule has 0 saturated heterocycles. The van der Waals surface area contributed by atoms with Gasteiger partial charge in [0, 0.05) is 41.0 Å². The van der Waals surface area contributed by atoms with Gasteiger partial charge < -0.3 is 20.9 Å². The van der Waals surface area contributed by atoms with E-state index in [-0.39, 0.29) is 23.4 Å². The molecule has 2 unspecified atom stereocenters. The second kappa shape index (κ2) is 13.8. The number of aliphatic carboxylic acids is 1. The van der Waals surface area contributed by atoms with Gasteiger partial charge in [-0.15, -0.1) is 0 Å². The summed E-state index contributed by atoms with van der Waals surface area (Å²) < 4.78 is 34.5. The zero-order chi connectivity index (χ0) is 34.6. The second-order valence-corrected chi connectivity index (χ2v) is 15.8. The number of pyridine rings is 2. The monoisotopic (exact) mass is 724 g/mol. The second-order valence-electron chi connectivity index (χ2n) is 12.8. The standard InChI is InChI=1S/C33H37BrN6O6S/c1-31(2,3)28(29(41)42)38-30(43)46-32(4,5)18-22-13-15-25(34)27(37-22)33(35,47(44,45)24-12-9-17-36-20-24)19-23-14-16-26(40-39-23)21-10-7-6-8-11-21/h6-17,20,28H,18-19,35H2,1-5H3,(H,38,43)(H,41,42). The summed E-state index contributed by atoms with van der Waals surface area (Å²) in [5.74, 6) is -1.19. The van der Waals surface area contributed by atoms with E-state index in [1.165, 1.54) is 24.5 Å². The molecule has 47 heavy (non-hydrogen) atoms. The van der Waals surface area contributed by atoms with Crippen molar-refractivity contribution in [2.45, 2.75) is 68.9 Å². The van der Waals surface area contributed by atoms with Crippen LogP contribution in [0.5, 0.6) is 0 Å². The first-order valence-corrected chi connectivity index (χ1v) is 16.9. The summed E-state index contributed by atoms with van der Waals surface area (Å²) in [7, 11) is -4.35. The Bertz CT molecular complexity index is 1840. The van der Waals surface area contributed by atoms with Crippen LogP contribution in [0.3, 0.4) is 0 Å². The minimum absolute atomic E-state index is 0.00622. The van der Waals surface area contributed by atoms with Crippen molar-refractivity contribution in [2.24, 2.45) is 11.1 Å². The largest absolute Gasteiger partial charge is 0.480 e. The fraction of sp³-hybridized carbons (Fsp3) is 0.333. The van der Waals surface area contributed by atoms with Crippen LogP contribution in [-0.4, -0.2) is 57.4 Å². The van der Waals surface area contributed by atoms with E-state index in [1.54, 1.807) is 58.9 Å². The van der Waals surface area contributed by atoms with Crippen molar-refractivity contribution in [3.8, 4) is 11.3 Å². The van der Waals surface area contributed by atoms with Crippen LogP contribution in [0.4, 0.5) is 4.79 Å². The quantitative estimate of drug-likeness (QED) is 0.187. The lowest BCUT2D eigenvalue weighted by Gasteiger charge is -2.31. The first kappa shape index (κ1) is 35.6. The first-order chi connectivity index (χ1) is 21.9. The Hall–Kier alpha value is -4.27. The lowest BCUT2D eigenvalue weighted by molar-refractivity contribution is -0.142. The highest BCUT2D eigenvalue weighted by atomic mass is 79.9. The van der Waals surface area contributed by atoms with Crippen molar-refractivity contribution in [1.29, 1.82) is 0 Å². The smallest absolute Gasteiger partial charge is 0.408 e. The first-order valence-electron chi connectivity index (χ1n) is 14.6. The van der Waals surface area contributed by atoms with Crippen LogP contribution in [0, 0.1) is 5.41 Å². The minimum Gasteiger partial charge on any atom is -0.480 e. The molecule has 3 heterocycles. The molecule has 0 saturated carbocycles. The van der Waals surface area contributed by atoms with Gasteiger partial charge in [0.25, 0.3) is 0 Å². The molecule has 2 atom stereocenters. The van der Waals surface area contributed by atoms with Crippen molar-refractivity contribution < 1.29 is 27.9 Å². The van der Waals surface area contributed by atoms with Crippen LogP contribution in [0.15, 0.2) is 88.5 Å². The van der Waals surface area contributed by atoms with E-state index in [4.69, 9.17) is 15.5 Å². The van der Waals surface area contributed by atoms with Gasteiger partial charge in [-0.3, -0.25) is 9.97 Å². The van der Waals surface area contributed by atoms with Gasteiger partial charge in [0.05, 0.1) is 22.0 Å². The molecule has 4 aromatic rings. The zero-order valence-electron chi connectivity index (χ0n) is 26.6. The number of hydrogen-bond acceptors (Lipinski definition) is 10. The molecule has 14 heteroatoms. The van der Waals surface area contributed by atoms with Crippen LogP contribution in [0.2, 0.25) is 0 Å². The number of carbonyl (C=O) groups is 2. The summed E-state index contributed by atoms with van der Waals surface area (Å²) in [5, 5.41) is 20.6. The average Bonchev–Trinajstić information content (AvgIpc) is 3.01. The summed E-state index contributed by atoms with van der Waals surface area (Å²) in [6, 6.07) is 17.8. The Balaban J connectivity index is 1.69. The van der Waals surface area contributed by atoms with Crippen LogP contribution in [-0.2, 0) is 37.1 Å². The molecular weight excluding hydrogens is 688 g/mol. The number of halogens is 1. The van der Waals surface area contributed by atoms with E-state index < -0.39 is 43.8 Å². The molecule has 4 rings (SSSR count). The van der Waals surface area contributed by atoms with E-state index in [9.17, 15) is 23.1 Å². The highest BCUT2D eigenvalue weighted by Crippen LogP contribution is 2.37. The van der Waals surface area contributed by atoms with Gasteiger partial charge in [0.15, 0.2) is 4.87 Å². The van der Waals surface area contributed by atoms with E-state index in [1.807, 2.05) is 30.3 Å². The molecule has 1 aromatic carbocycles. The Labute approximate surface area is 282 Å². The minimum atomic E-state index is -4.35. The number of alkyl carbamates (subject to hydrolysis) is 1. The van der Waals surface area contributed by atoms with Crippen molar-refractivity contribution in [1.82, 2.24) is 25.5 Å². The van der Waals surface area contributed by atoms with Gasteiger partial charge in [-0.1, -0.05) is 51.1 Å². The van der Waals surface area contributed by atoms with Crippen molar-refractivity contribution in [3.63, 3.8) is 0 Å². The molecule has 0 aliphatic rings. The number of carboxylic acids is 1. The number of rotatable bonds is 11. The van der Waals surface area contributed by atoms with Gasteiger partial charge >= 0.3 is 12.1 Å². The molecule has 3 aromatic heterocycles. The number of carbonyl (C=O) groups excluding carboxylic acids is 1. The predicted octanol–water partition coefficient (Wildman–Crippen LogP) is 5.07. The molecular formula is C33H37BrN6O6S. The molecule has 0 aliphatic carbocycles. The number of benzene rings is 1. The summed E-state index contributed by atoms with van der Waals surface area (Å²) in [6.45, 7) is 8.33. The number of sulfone groups is 1. The Morgan fingerprint density at radius 1 is 0.936 bits per heavy atom. The predicted molar refractivity (Wildman–Crippen MR) is 179 cm³/mol. The van der Waals surface area contributed by atoms with Gasteiger partial charge in [0.1, 0.15) is 11.6 Å². The summed E-state index contributed by atoms with van der Waals surface area (Å²) >= 11 is 3.46. The molecule has 1 amide bonds. The highest BCUT2D eigenvalue weighted by Gasteiger charge is 2.46. The molecule has 4 N–H and O–H groups in total. The number of amides is 1. The SMILES string of the molecule is CC(C)(Cc1ccc(Br)c(C(N)(Cc2ccc(-c3ccccc3)nn2)S(=O)(=O)c2cccnc2)n1)OC(=O)NC(C(=O)O)C(C)(C)C. The van der Waals surface area contributed by atoms with Crippen molar-refractivity contribution in [3.05, 3.63) is 101 Å². The number of aromatic nitrogens is 4. The van der Waals surface area contributed by atoms with Crippen molar-refractivity contribution >= 4 is 37.8 Å². The molecule has 12 nitrogen and oxygen atoms in total. The molecule has 0 fully saturated rings. The average molecular weight is 726 g/mol. The number of ether oxygens (including phenoxy) is 1. The fourth-order valence-electron chi connectivity index (χ4n) is 4.91. The van der Waals surface area contributed by atoms with E-state index in [2.05, 4.69) is 36.4 Å². The molecule has 0 spiro atoms. The van der Waals surface area contributed by atoms with E-state index in [0.717, 1.165) is 5.56 Å². The maximum absolute atomic E-state index is 14.3. The van der Waals surface area contributed by atoms with E-state index in [0.29, 0.717) is 21.6 Å². The number of nitrogens with one attached hydrogen (secondary N) is 1. The summed E-state index contributed by atoms with van der Waals surface area (Å²) in [4.78, 5) is 30.9. The van der Waals surface area contributed by atoms with Crippen LogP contribution >= 0.6 is 15.9 Å². The number of carboxylic acid groups (broad SMARTS) is 1. The maximum Gasteiger partial charge on any atom is 0.408 e. The normalized spacial score (nSPS) is 14.1. The third-order valence-corrected chi connectivity index (χ3v) is 10.1. The van der Waals surface area contributed by atoms with Crippen LogP contribution < -0.4 is 11.1 Å². The third kappa shape index (κ3) is 8.37. The van der Waals surface area contributed by atoms with Crippen LogP contribution in [0.1, 0.15) is 51.7 Å².